The number of ether oxygens (including phenoxy) is 1. The fraction of sp³-hybridized carbons (Fsp3) is 0.286. The Morgan fingerprint density at radius 2 is 2.19 bits per heavy atom. The first-order chi connectivity index (χ1) is 9.92. The second kappa shape index (κ2) is 6.49. The Kier molecular flexibility index (Phi) is 4.90. The monoisotopic (exact) mass is 371 g/mol. The highest BCUT2D eigenvalue weighted by Gasteiger charge is 2.15. The number of aryl methyl sites for hydroxylation is 2. The summed E-state index contributed by atoms with van der Waals surface area (Å²) in [6, 6.07) is 4.63. The molecule has 1 aromatic heterocycles. The van der Waals surface area contributed by atoms with E-state index in [-0.39, 0.29) is 6.61 Å². The number of carbonyl (C=O) groups excluding carboxylic acids is 1. The van der Waals surface area contributed by atoms with Gasteiger partial charge in [-0.25, -0.2) is 4.79 Å². The lowest BCUT2D eigenvalue weighted by Gasteiger charge is -2.07. The van der Waals surface area contributed by atoms with Crippen LogP contribution < -0.4 is 5.73 Å². The number of aromatic nitrogens is 2. The number of hydrogen-bond donors (Lipinski definition) is 1. The highest BCUT2D eigenvalue weighted by molar-refractivity contribution is 9.10. The van der Waals surface area contributed by atoms with Crippen molar-refractivity contribution in [3.63, 3.8) is 0 Å². The Hall–Kier alpha value is -1.53. The van der Waals surface area contributed by atoms with Crippen LogP contribution in [-0.2, 0) is 24.8 Å². The molecule has 0 aliphatic heterocycles. The van der Waals surface area contributed by atoms with Crippen LogP contribution in [0.25, 0.3) is 0 Å². The van der Waals surface area contributed by atoms with Crippen LogP contribution in [0.4, 0.5) is 5.69 Å². The minimum atomic E-state index is -0.477. The average molecular weight is 373 g/mol. The normalized spacial score (nSPS) is 10.7. The van der Waals surface area contributed by atoms with Crippen LogP contribution in [0.3, 0.4) is 0 Å². The molecule has 0 saturated carbocycles. The number of anilines is 1. The first-order valence-corrected chi connectivity index (χ1v) is 7.53. The number of halogens is 2. The smallest absolute Gasteiger partial charge is 0.338 e. The summed E-state index contributed by atoms with van der Waals surface area (Å²) in [6.45, 7) is 2.13. The maximum absolute atomic E-state index is 12.0. The van der Waals surface area contributed by atoms with Gasteiger partial charge < -0.3 is 10.5 Å². The van der Waals surface area contributed by atoms with Crippen molar-refractivity contribution in [2.45, 2.75) is 20.0 Å². The van der Waals surface area contributed by atoms with Gasteiger partial charge in [-0.15, -0.1) is 0 Å². The molecule has 112 valence electrons. The molecular weight excluding hydrogens is 358 g/mol. The van der Waals surface area contributed by atoms with Crippen molar-refractivity contribution in [1.82, 2.24) is 9.78 Å². The quantitative estimate of drug-likeness (QED) is 0.660. The van der Waals surface area contributed by atoms with Crippen molar-refractivity contribution in [2.75, 3.05) is 5.73 Å². The van der Waals surface area contributed by atoms with Crippen LogP contribution in [0.1, 0.15) is 28.7 Å². The Labute approximate surface area is 136 Å². The van der Waals surface area contributed by atoms with Gasteiger partial charge in [-0.2, -0.15) is 5.10 Å². The van der Waals surface area contributed by atoms with E-state index in [0.29, 0.717) is 16.3 Å². The second-order valence-corrected chi connectivity index (χ2v) is 5.76. The van der Waals surface area contributed by atoms with Gasteiger partial charge in [-0.05, 0) is 40.5 Å². The van der Waals surface area contributed by atoms with Crippen molar-refractivity contribution in [3.05, 3.63) is 44.6 Å². The number of nitrogens with two attached hydrogens (primary N) is 1. The molecule has 0 fully saturated rings. The Morgan fingerprint density at radius 3 is 2.76 bits per heavy atom. The molecule has 0 aliphatic rings. The Morgan fingerprint density at radius 1 is 1.48 bits per heavy atom. The van der Waals surface area contributed by atoms with Gasteiger partial charge >= 0.3 is 5.97 Å². The van der Waals surface area contributed by atoms with Crippen molar-refractivity contribution in [1.29, 1.82) is 0 Å². The van der Waals surface area contributed by atoms with Crippen LogP contribution >= 0.6 is 27.5 Å². The van der Waals surface area contributed by atoms with Gasteiger partial charge in [0.1, 0.15) is 6.61 Å². The van der Waals surface area contributed by atoms with Crippen molar-refractivity contribution in [2.24, 2.45) is 7.05 Å². The SMILES string of the molecule is CCc1nn(C)c(COC(=O)c2cc(N)cc(Cl)c2)c1Br. The number of benzene rings is 1. The topological polar surface area (TPSA) is 70.1 Å². The molecule has 0 aliphatic carbocycles. The van der Waals surface area contributed by atoms with Gasteiger partial charge in [0, 0.05) is 17.8 Å². The van der Waals surface area contributed by atoms with Gasteiger partial charge in [0.25, 0.3) is 0 Å². The molecule has 5 nitrogen and oxygen atoms in total. The van der Waals surface area contributed by atoms with Crippen LogP contribution in [0.5, 0.6) is 0 Å². The third-order valence-electron chi connectivity index (χ3n) is 3.00. The lowest BCUT2D eigenvalue weighted by atomic mass is 10.2. The first kappa shape index (κ1) is 15.9. The maximum Gasteiger partial charge on any atom is 0.338 e. The Bertz CT molecular complexity index is 665. The molecule has 0 saturated heterocycles. The highest BCUT2D eigenvalue weighted by atomic mass is 79.9. The molecule has 0 radical (unpaired) electrons. The first-order valence-electron chi connectivity index (χ1n) is 6.35. The number of esters is 1. The molecular formula is C14H15BrClN3O2. The van der Waals surface area contributed by atoms with E-state index in [1.165, 1.54) is 12.1 Å². The minimum Gasteiger partial charge on any atom is -0.456 e. The molecule has 0 spiro atoms. The average Bonchev–Trinajstić information content (AvgIpc) is 2.69. The summed E-state index contributed by atoms with van der Waals surface area (Å²) in [5.41, 5.74) is 8.14. The highest BCUT2D eigenvalue weighted by Crippen LogP contribution is 2.23. The molecule has 1 aromatic carbocycles. The molecule has 0 amide bonds. The molecule has 7 heteroatoms. The Balaban J connectivity index is 2.13. The van der Waals surface area contributed by atoms with E-state index in [9.17, 15) is 4.79 Å². The predicted molar refractivity (Wildman–Crippen MR) is 85.3 cm³/mol. The molecule has 2 aromatic rings. The summed E-state index contributed by atoms with van der Waals surface area (Å²) in [6.07, 6.45) is 0.799. The zero-order chi connectivity index (χ0) is 15.6. The van der Waals surface area contributed by atoms with Gasteiger partial charge in [-0.1, -0.05) is 18.5 Å². The lowest BCUT2D eigenvalue weighted by Crippen LogP contribution is -2.09. The molecule has 0 unspecified atom stereocenters. The summed E-state index contributed by atoms with van der Waals surface area (Å²) in [5, 5.41) is 4.74. The minimum absolute atomic E-state index is 0.120. The van der Waals surface area contributed by atoms with E-state index in [1.54, 1.807) is 10.7 Å². The fourth-order valence-electron chi connectivity index (χ4n) is 1.92. The van der Waals surface area contributed by atoms with E-state index in [4.69, 9.17) is 22.1 Å². The molecule has 2 rings (SSSR count). The third-order valence-corrected chi connectivity index (χ3v) is 4.13. The zero-order valence-electron chi connectivity index (χ0n) is 11.7. The summed E-state index contributed by atoms with van der Waals surface area (Å²) in [7, 11) is 1.81. The van der Waals surface area contributed by atoms with E-state index in [1.807, 2.05) is 14.0 Å². The predicted octanol–water partition coefficient (Wildman–Crippen LogP) is 3.34. The summed E-state index contributed by atoms with van der Waals surface area (Å²) >= 11 is 9.35. The number of carbonyl (C=O) groups is 1. The van der Waals surface area contributed by atoms with Crippen molar-refractivity contribution in [3.8, 4) is 0 Å². The number of rotatable bonds is 4. The second-order valence-electron chi connectivity index (χ2n) is 4.53. The molecule has 0 atom stereocenters. The van der Waals surface area contributed by atoms with Gasteiger partial charge in [-0.3, -0.25) is 4.68 Å². The summed E-state index contributed by atoms with van der Waals surface area (Å²) < 4.78 is 7.86. The molecule has 1 heterocycles. The van der Waals surface area contributed by atoms with Crippen molar-refractivity contribution >= 4 is 39.2 Å². The van der Waals surface area contributed by atoms with Gasteiger partial charge in [0.2, 0.25) is 0 Å². The molecule has 2 N–H and O–H groups in total. The van der Waals surface area contributed by atoms with Crippen molar-refractivity contribution < 1.29 is 9.53 Å². The molecule has 0 bridgehead atoms. The maximum atomic E-state index is 12.0. The van der Waals surface area contributed by atoms with Gasteiger partial charge in [0.15, 0.2) is 0 Å². The third kappa shape index (κ3) is 3.57. The van der Waals surface area contributed by atoms with E-state index in [2.05, 4.69) is 21.0 Å². The van der Waals surface area contributed by atoms with Gasteiger partial charge in [0.05, 0.1) is 21.4 Å². The number of hydrogen-bond acceptors (Lipinski definition) is 4. The standard InChI is InChI=1S/C14H15BrClN3O2/c1-3-11-13(15)12(19(2)18-11)7-21-14(20)8-4-9(16)6-10(17)5-8/h4-6H,3,7,17H2,1-2H3. The number of nitrogen functional groups attached to an aromatic ring is 1. The fourth-order valence-corrected chi connectivity index (χ4v) is 2.90. The van der Waals surface area contributed by atoms with E-state index >= 15 is 0 Å². The van der Waals surface area contributed by atoms with Crippen LogP contribution in [0.15, 0.2) is 22.7 Å². The summed E-state index contributed by atoms with van der Waals surface area (Å²) in [4.78, 5) is 12.0. The van der Waals surface area contributed by atoms with Crippen LogP contribution in [-0.4, -0.2) is 15.7 Å². The van der Waals surface area contributed by atoms with E-state index in [0.717, 1.165) is 22.3 Å². The zero-order valence-corrected chi connectivity index (χ0v) is 14.0. The number of nitrogens with zero attached hydrogens (tertiary/aromatic N) is 2. The van der Waals surface area contributed by atoms with Crippen LogP contribution in [0.2, 0.25) is 5.02 Å². The largest absolute Gasteiger partial charge is 0.456 e. The summed E-state index contributed by atoms with van der Waals surface area (Å²) in [5.74, 6) is -0.477. The van der Waals surface area contributed by atoms with Crippen LogP contribution in [0, 0.1) is 0 Å². The van der Waals surface area contributed by atoms with E-state index < -0.39 is 5.97 Å². The lowest BCUT2D eigenvalue weighted by molar-refractivity contribution is 0.0462. The molecule has 21 heavy (non-hydrogen) atoms.